The lowest BCUT2D eigenvalue weighted by Gasteiger charge is -2.16. The number of ether oxygens (including phenoxy) is 1. The lowest BCUT2D eigenvalue weighted by atomic mass is 10.0. The SMILES string of the molecule is COc1cc(F)c([N+](=O)[O-])c(NCC2(CCO)CC2)c1. The van der Waals surface area contributed by atoms with Crippen molar-refractivity contribution in [1.29, 1.82) is 0 Å². The van der Waals surface area contributed by atoms with Gasteiger partial charge in [-0.15, -0.1) is 0 Å². The van der Waals surface area contributed by atoms with Gasteiger partial charge < -0.3 is 15.2 Å². The molecule has 0 aromatic heterocycles. The van der Waals surface area contributed by atoms with E-state index in [1.807, 2.05) is 0 Å². The van der Waals surface area contributed by atoms with Crippen LogP contribution in [-0.2, 0) is 0 Å². The molecule has 1 aromatic carbocycles. The fourth-order valence-corrected chi connectivity index (χ4v) is 2.22. The molecule has 1 aromatic rings. The summed E-state index contributed by atoms with van der Waals surface area (Å²) in [6.45, 7) is 0.553. The first-order chi connectivity index (χ1) is 9.51. The number of rotatable bonds is 7. The number of halogens is 1. The maximum Gasteiger partial charge on any atom is 0.327 e. The Bertz CT molecular complexity index is 517. The molecule has 0 saturated heterocycles. The molecular weight excluding hydrogens is 267 g/mol. The van der Waals surface area contributed by atoms with Crippen LogP contribution < -0.4 is 10.1 Å². The third-order valence-electron chi connectivity index (χ3n) is 3.71. The molecule has 1 fully saturated rings. The van der Waals surface area contributed by atoms with Crippen molar-refractivity contribution < 1.29 is 19.2 Å². The fraction of sp³-hybridized carbons (Fsp3) is 0.538. The van der Waals surface area contributed by atoms with Crippen molar-refractivity contribution in [2.45, 2.75) is 19.3 Å². The van der Waals surface area contributed by atoms with Crippen molar-refractivity contribution in [3.63, 3.8) is 0 Å². The number of benzene rings is 1. The number of anilines is 1. The molecule has 0 atom stereocenters. The Morgan fingerprint density at radius 2 is 2.25 bits per heavy atom. The number of nitrogens with one attached hydrogen (secondary N) is 1. The number of nitro benzene ring substituents is 1. The van der Waals surface area contributed by atoms with Crippen LogP contribution in [0.1, 0.15) is 19.3 Å². The summed E-state index contributed by atoms with van der Waals surface area (Å²) in [5.74, 6) is -0.702. The Balaban J connectivity index is 2.21. The van der Waals surface area contributed by atoms with Gasteiger partial charge in [-0.2, -0.15) is 4.39 Å². The maximum absolute atomic E-state index is 13.7. The van der Waals surface area contributed by atoms with E-state index in [1.54, 1.807) is 0 Å². The lowest BCUT2D eigenvalue weighted by Crippen LogP contribution is -2.17. The molecule has 110 valence electrons. The molecule has 0 radical (unpaired) electrons. The standard InChI is InChI=1S/C13H17FN2O4/c1-20-9-6-10(14)12(16(18)19)11(7-9)15-8-13(2-3-13)4-5-17/h6-7,15,17H,2-5,8H2,1H3. The number of hydrogen-bond donors (Lipinski definition) is 2. The minimum absolute atomic E-state index is 0.0256. The maximum atomic E-state index is 13.7. The Hall–Kier alpha value is -1.89. The van der Waals surface area contributed by atoms with Gasteiger partial charge >= 0.3 is 5.69 Å². The summed E-state index contributed by atoms with van der Waals surface area (Å²) < 4.78 is 18.7. The zero-order valence-corrected chi connectivity index (χ0v) is 11.2. The zero-order chi connectivity index (χ0) is 14.8. The quantitative estimate of drug-likeness (QED) is 0.593. The van der Waals surface area contributed by atoms with E-state index in [0.29, 0.717) is 13.0 Å². The van der Waals surface area contributed by atoms with E-state index in [1.165, 1.54) is 13.2 Å². The van der Waals surface area contributed by atoms with Crippen LogP contribution in [0.25, 0.3) is 0 Å². The summed E-state index contributed by atoms with van der Waals surface area (Å²) in [5, 5.41) is 22.9. The predicted molar refractivity (Wildman–Crippen MR) is 71.5 cm³/mol. The fourth-order valence-electron chi connectivity index (χ4n) is 2.22. The summed E-state index contributed by atoms with van der Waals surface area (Å²) >= 11 is 0. The molecular formula is C13H17FN2O4. The van der Waals surface area contributed by atoms with E-state index in [9.17, 15) is 14.5 Å². The highest BCUT2D eigenvalue weighted by Gasteiger charge is 2.42. The second-order valence-corrected chi connectivity index (χ2v) is 5.09. The Morgan fingerprint density at radius 1 is 1.55 bits per heavy atom. The average Bonchev–Trinajstić information content (AvgIpc) is 3.16. The molecule has 0 spiro atoms. The highest BCUT2D eigenvalue weighted by Crippen LogP contribution is 2.49. The van der Waals surface area contributed by atoms with Gasteiger partial charge in [-0.05, 0) is 24.7 Å². The molecule has 6 nitrogen and oxygen atoms in total. The van der Waals surface area contributed by atoms with Gasteiger partial charge in [0.2, 0.25) is 5.82 Å². The number of nitro groups is 1. The van der Waals surface area contributed by atoms with E-state index in [4.69, 9.17) is 9.84 Å². The second kappa shape index (κ2) is 5.62. The van der Waals surface area contributed by atoms with Gasteiger partial charge in [-0.25, -0.2) is 0 Å². The van der Waals surface area contributed by atoms with Crippen LogP contribution >= 0.6 is 0 Å². The molecule has 1 aliphatic rings. The van der Waals surface area contributed by atoms with Crippen LogP contribution in [0.15, 0.2) is 12.1 Å². The Labute approximate surface area is 115 Å². The molecule has 1 aliphatic carbocycles. The summed E-state index contributed by atoms with van der Waals surface area (Å²) in [6, 6.07) is 2.40. The third-order valence-corrected chi connectivity index (χ3v) is 3.71. The van der Waals surface area contributed by atoms with Crippen molar-refractivity contribution in [2.24, 2.45) is 5.41 Å². The van der Waals surface area contributed by atoms with Gasteiger partial charge in [0.1, 0.15) is 11.4 Å². The summed E-state index contributed by atoms with van der Waals surface area (Å²) in [5.41, 5.74) is -0.496. The smallest absolute Gasteiger partial charge is 0.327 e. The van der Waals surface area contributed by atoms with Gasteiger partial charge in [-0.1, -0.05) is 0 Å². The van der Waals surface area contributed by atoms with Crippen LogP contribution in [-0.4, -0.2) is 30.3 Å². The van der Waals surface area contributed by atoms with Crippen LogP contribution in [0.2, 0.25) is 0 Å². The van der Waals surface area contributed by atoms with E-state index >= 15 is 0 Å². The third kappa shape index (κ3) is 2.98. The summed E-state index contributed by atoms with van der Waals surface area (Å²) in [6.07, 6.45) is 2.56. The second-order valence-electron chi connectivity index (χ2n) is 5.09. The summed E-state index contributed by atoms with van der Waals surface area (Å²) in [4.78, 5) is 10.2. The minimum atomic E-state index is -0.927. The van der Waals surface area contributed by atoms with Gasteiger partial charge in [0.15, 0.2) is 0 Å². The first-order valence-electron chi connectivity index (χ1n) is 6.38. The highest BCUT2D eigenvalue weighted by atomic mass is 19.1. The van der Waals surface area contributed by atoms with Gasteiger partial charge in [0.25, 0.3) is 0 Å². The molecule has 7 heteroatoms. The first-order valence-corrected chi connectivity index (χ1v) is 6.38. The van der Waals surface area contributed by atoms with Crippen LogP contribution in [0.4, 0.5) is 15.8 Å². The van der Waals surface area contributed by atoms with Crippen LogP contribution in [0, 0.1) is 21.3 Å². The Morgan fingerprint density at radius 3 is 2.75 bits per heavy atom. The molecule has 0 unspecified atom stereocenters. The largest absolute Gasteiger partial charge is 0.497 e. The number of methoxy groups -OCH3 is 1. The van der Waals surface area contributed by atoms with Crippen LogP contribution in [0.5, 0.6) is 5.75 Å². The Kier molecular flexibility index (Phi) is 4.08. The van der Waals surface area contributed by atoms with Crippen molar-refractivity contribution in [3.8, 4) is 5.75 Å². The van der Waals surface area contributed by atoms with E-state index in [-0.39, 0.29) is 23.5 Å². The van der Waals surface area contributed by atoms with Crippen molar-refractivity contribution in [1.82, 2.24) is 0 Å². The minimum Gasteiger partial charge on any atom is -0.497 e. The van der Waals surface area contributed by atoms with Crippen LogP contribution in [0.3, 0.4) is 0 Å². The molecule has 2 rings (SSSR count). The normalized spacial score (nSPS) is 15.8. The predicted octanol–water partition coefficient (Wildman–Crippen LogP) is 2.32. The molecule has 0 aliphatic heterocycles. The van der Waals surface area contributed by atoms with E-state index in [0.717, 1.165) is 18.9 Å². The molecule has 0 heterocycles. The van der Waals surface area contributed by atoms with Gasteiger partial charge in [0, 0.05) is 25.3 Å². The molecule has 20 heavy (non-hydrogen) atoms. The lowest BCUT2D eigenvalue weighted by molar-refractivity contribution is -0.386. The van der Waals surface area contributed by atoms with E-state index in [2.05, 4.69) is 5.32 Å². The number of aliphatic hydroxyl groups excluding tert-OH is 1. The highest BCUT2D eigenvalue weighted by molar-refractivity contribution is 5.65. The molecule has 0 bridgehead atoms. The average molecular weight is 284 g/mol. The number of nitrogens with zero attached hydrogens (tertiary/aromatic N) is 1. The topological polar surface area (TPSA) is 84.6 Å². The van der Waals surface area contributed by atoms with E-state index < -0.39 is 16.4 Å². The van der Waals surface area contributed by atoms with Gasteiger partial charge in [0.05, 0.1) is 12.0 Å². The number of hydrogen-bond acceptors (Lipinski definition) is 5. The zero-order valence-electron chi connectivity index (χ0n) is 11.2. The van der Waals surface area contributed by atoms with Crippen molar-refractivity contribution >= 4 is 11.4 Å². The molecule has 2 N–H and O–H groups in total. The monoisotopic (exact) mass is 284 g/mol. The van der Waals surface area contributed by atoms with Crippen molar-refractivity contribution in [2.75, 3.05) is 25.6 Å². The molecule has 1 saturated carbocycles. The first kappa shape index (κ1) is 14.5. The number of aliphatic hydroxyl groups is 1. The van der Waals surface area contributed by atoms with Crippen molar-refractivity contribution in [3.05, 3.63) is 28.1 Å². The molecule has 0 amide bonds. The van der Waals surface area contributed by atoms with Gasteiger partial charge in [-0.3, -0.25) is 10.1 Å². The summed E-state index contributed by atoms with van der Waals surface area (Å²) in [7, 11) is 1.37.